The lowest BCUT2D eigenvalue weighted by atomic mass is 9.95. The number of amidine groups is 1. The number of aryl methyl sites for hydroxylation is 1. The average Bonchev–Trinajstić information content (AvgIpc) is 3.35. The molecule has 2 aromatic carbocycles. The molecule has 8 nitrogen and oxygen atoms in total. The van der Waals surface area contributed by atoms with Crippen LogP contribution in [0.5, 0.6) is 0 Å². The summed E-state index contributed by atoms with van der Waals surface area (Å²) in [5.74, 6) is 0.962. The Balaban J connectivity index is 1.23. The van der Waals surface area contributed by atoms with Gasteiger partial charge in [0, 0.05) is 30.6 Å². The Morgan fingerprint density at radius 1 is 1.09 bits per heavy atom. The van der Waals surface area contributed by atoms with E-state index in [-0.39, 0.29) is 16.7 Å². The molecule has 3 aromatic rings. The first-order chi connectivity index (χ1) is 15.9. The van der Waals surface area contributed by atoms with E-state index in [1.807, 2.05) is 36.1 Å². The van der Waals surface area contributed by atoms with Crippen molar-refractivity contribution in [3.63, 3.8) is 0 Å². The van der Waals surface area contributed by atoms with Crippen molar-refractivity contribution in [2.45, 2.75) is 31.2 Å². The van der Waals surface area contributed by atoms with Crippen LogP contribution >= 0.6 is 0 Å². The zero-order chi connectivity index (χ0) is 23.0. The van der Waals surface area contributed by atoms with Gasteiger partial charge in [-0.15, -0.1) is 4.40 Å². The second-order valence-electron chi connectivity index (χ2n) is 8.50. The summed E-state index contributed by atoms with van der Waals surface area (Å²) in [5, 5.41) is 7.38. The van der Waals surface area contributed by atoms with Crippen molar-refractivity contribution in [1.29, 1.82) is 0 Å². The number of anilines is 1. The molecule has 1 saturated heterocycles. The highest BCUT2D eigenvalue weighted by molar-refractivity contribution is 7.90. The Morgan fingerprint density at radius 3 is 2.67 bits per heavy atom. The van der Waals surface area contributed by atoms with Crippen molar-refractivity contribution in [2.75, 3.05) is 18.4 Å². The van der Waals surface area contributed by atoms with E-state index in [0.29, 0.717) is 49.7 Å². The normalized spacial score (nSPS) is 17.5. The van der Waals surface area contributed by atoms with Gasteiger partial charge in [0.05, 0.1) is 12.7 Å². The third-order valence-corrected chi connectivity index (χ3v) is 7.49. The van der Waals surface area contributed by atoms with Gasteiger partial charge in [0.25, 0.3) is 10.0 Å². The number of carbonyl (C=O) groups excluding carboxylic acids is 1. The summed E-state index contributed by atoms with van der Waals surface area (Å²) >= 11 is 0. The first-order valence-corrected chi connectivity index (χ1v) is 12.4. The summed E-state index contributed by atoms with van der Waals surface area (Å²) in [6.45, 7) is 3.77. The molecule has 0 unspecified atom stereocenters. The molecule has 3 heterocycles. The lowest BCUT2D eigenvalue weighted by Crippen LogP contribution is -2.41. The van der Waals surface area contributed by atoms with Crippen LogP contribution in [-0.4, -0.2) is 47.9 Å². The number of amides is 1. The Labute approximate surface area is 193 Å². The predicted molar refractivity (Wildman–Crippen MR) is 126 cm³/mol. The fraction of sp³-hybridized carbons (Fsp3) is 0.292. The lowest BCUT2D eigenvalue weighted by Gasteiger charge is -2.32. The van der Waals surface area contributed by atoms with Crippen molar-refractivity contribution in [2.24, 2.45) is 10.3 Å². The largest absolute Gasteiger partial charge is 0.355 e. The van der Waals surface area contributed by atoms with Crippen LogP contribution < -0.4 is 5.32 Å². The van der Waals surface area contributed by atoms with Gasteiger partial charge in [0.1, 0.15) is 10.7 Å². The van der Waals surface area contributed by atoms with E-state index in [9.17, 15) is 13.2 Å². The third kappa shape index (κ3) is 4.28. The van der Waals surface area contributed by atoms with Gasteiger partial charge in [-0.2, -0.15) is 13.5 Å². The molecule has 1 fully saturated rings. The van der Waals surface area contributed by atoms with Crippen molar-refractivity contribution < 1.29 is 13.2 Å². The number of aromatic nitrogens is 2. The van der Waals surface area contributed by atoms with E-state index >= 15 is 0 Å². The van der Waals surface area contributed by atoms with Gasteiger partial charge < -0.3 is 10.2 Å². The molecule has 0 spiro atoms. The van der Waals surface area contributed by atoms with Gasteiger partial charge >= 0.3 is 0 Å². The van der Waals surface area contributed by atoms with Crippen LogP contribution in [0.3, 0.4) is 0 Å². The molecule has 2 aliphatic heterocycles. The van der Waals surface area contributed by atoms with Gasteiger partial charge in [-0.05, 0) is 37.5 Å². The molecular formula is C24H25N5O3S. The maximum atomic E-state index is 13.0. The van der Waals surface area contributed by atoms with E-state index in [1.54, 1.807) is 35.1 Å². The molecule has 0 bridgehead atoms. The molecule has 2 aliphatic rings. The van der Waals surface area contributed by atoms with Crippen LogP contribution in [-0.2, 0) is 21.4 Å². The molecule has 1 aromatic heterocycles. The molecule has 5 rings (SSSR count). The molecule has 0 radical (unpaired) electrons. The van der Waals surface area contributed by atoms with Crippen LogP contribution in [0.25, 0.3) is 0 Å². The third-order valence-electron chi connectivity index (χ3n) is 6.16. The summed E-state index contributed by atoms with van der Waals surface area (Å²) in [7, 11) is -3.64. The maximum absolute atomic E-state index is 13.0. The molecule has 33 heavy (non-hydrogen) atoms. The fourth-order valence-corrected chi connectivity index (χ4v) is 5.67. The zero-order valence-corrected chi connectivity index (χ0v) is 19.1. The van der Waals surface area contributed by atoms with Crippen molar-refractivity contribution in [3.8, 4) is 0 Å². The highest BCUT2D eigenvalue weighted by Gasteiger charge is 2.34. The SMILES string of the molecule is Cc1cccc(Cn2nccc2NC(=O)C2CCN(C3=NS(=O)(=O)c4ccccc43)CC2)c1. The van der Waals surface area contributed by atoms with Crippen LogP contribution in [0.1, 0.15) is 29.5 Å². The standard InChI is InChI=1S/C24H25N5O3S/c1-17-5-4-6-18(15-17)16-29-22(9-12-25-29)26-24(30)19-10-13-28(14-11-19)23-20-7-2-3-8-21(20)33(31,32)27-23/h2-9,12,15,19H,10-11,13-14,16H2,1H3,(H,26,30). The maximum Gasteiger partial charge on any atom is 0.285 e. The Bertz CT molecular complexity index is 1340. The van der Waals surface area contributed by atoms with Crippen LogP contribution in [0.15, 0.2) is 70.1 Å². The van der Waals surface area contributed by atoms with Crippen molar-refractivity contribution in [1.82, 2.24) is 14.7 Å². The lowest BCUT2D eigenvalue weighted by molar-refractivity contribution is -0.121. The van der Waals surface area contributed by atoms with Gasteiger partial charge in [0.2, 0.25) is 5.91 Å². The summed E-state index contributed by atoms with van der Waals surface area (Å²) in [6, 6.07) is 16.9. The van der Waals surface area contributed by atoms with E-state index in [4.69, 9.17) is 0 Å². The summed E-state index contributed by atoms with van der Waals surface area (Å²) in [6.07, 6.45) is 2.93. The second-order valence-corrected chi connectivity index (χ2v) is 10.1. The summed E-state index contributed by atoms with van der Waals surface area (Å²) in [5.41, 5.74) is 2.94. The summed E-state index contributed by atoms with van der Waals surface area (Å²) < 4.78 is 30.5. The predicted octanol–water partition coefficient (Wildman–Crippen LogP) is 3.04. The minimum absolute atomic E-state index is 0.0398. The van der Waals surface area contributed by atoms with Gasteiger partial charge in [-0.1, -0.05) is 42.0 Å². The number of benzene rings is 2. The average molecular weight is 464 g/mol. The molecule has 0 saturated carbocycles. The molecule has 9 heteroatoms. The zero-order valence-electron chi connectivity index (χ0n) is 18.3. The molecule has 170 valence electrons. The number of nitrogens with zero attached hydrogens (tertiary/aromatic N) is 4. The van der Waals surface area contributed by atoms with E-state index in [1.165, 1.54) is 5.56 Å². The van der Waals surface area contributed by atoms with Crippen LogP contribution in [0.2, 0.25) is 0 Å². The van der Waals surface area contributed by atoms with E-state index < -0.39 is 10.0 Å². The minimum Gasteiger partial charge on any atom is -0.355 e. The fourth-order valence-electron chi connectivity index (χ4n) is 4.45. The topological polar surface area (TPSA) is 96.7 Å². The Hall–Kier alpha value is -3.46. The van der Waals surface area contributed by atoms with Crippen LogP contribution in [0, 0.1) is 12.8 Å². The minimum atomic E-state index is -3.64. The smallest absolute Gasteiger partial charge is 0.285 e. The summed E-state index contributed by atoms with van der Waals surface area (Å²) in [4.78, 5) is 15.2. The number of hydrogen-bond donors (Lipinski definition) is 1. The monoisotopic (exact) mass is 463 g/mol. The van der Waals surface area contributed by atoms with Gasteiger partial charge in [0.15, 0.2) is 5.84 Å². The molecule has 1 N–H and O–H groups in total. The van der Waals surface area contributed by atoms with E-state index in [2.05, 4.69) is 20.9 Å². The quantitative estimate of drug-likeness (QED) is 0.642. The molecular weight excluding hydrogens is 438 g/mol. The van der Waals surface area contributed by atoms with E-state index in [0.717, 1.165) is 5.56 Å². The Morgan fingerprint density at radius 2 is 1.88 bits per heavy atom. The Kier molecular flexibility index (Phi) is 5.49. The molecule has 0 atom stereocenters. The number of rotatable bonds is 4. The first kappa shape index (κ1) is 21.4. The number of carbonyl (C=O) groups is 1. The number of fused-ring (bicyclic) bond motifs is 1. The highest BCUT2D eigenvalue weighted by atomic mass is 32.2. The van der Waals surface area contributed by atoms with Crippen molar-refractivity contribution in [3.05, 3.63) is 77.5 Å². The number of hydrogen-bond acceptors (Lipinski definition) is 5. The number of likely N-dealkylation sites (tertiary alicyclic amines) is 1. The number of nitrogens with one attached hydrogen (secondary N) is 1. The van der Waals surface area contributed by atoms with Gasteiger partial charge in [-0.25, -0.2) is 4.68 Å². The van der Waals surface area contributed by atoms with Crippen LogP contribution in [0.4, 0.5) is 5.82 Å². The number of sulfonamides is 1. The molecule has 1 amide bonds. The van der Waals surface area contributed by atoms with Gasteiger partial charge in [-0.3, -0.25) is 4.79 Å². The van der Waals surface area contributed by atoms with Crippen molar-refractivity contribution >= 4 is 27.6 Å². The number of piperidine rings is 1. The highest BCUT2D eigenvalue weighted by Crippen LogP contribution is 2.30. The molecule has 0 aliphatic carbocycles. The first-order valence-electron chi connectivity index (χ1n) is 11.0. The second kappa shape index (κ2) is 8.47.